The van der Waals surface area contributed by atoms with Gasteiger partial charge in [-0.15, -0.1) is 13.2 Å². The van der Waals surface area contributed by atoms with E-state index in [4.69, 9.17) is 48.1 Å². The molecule has 25 nitrogen and oxygen atoms in total. The van der Waals surface area contributed by atoms with Crippen LogP contribution in [0.15, 0.2) is 212 Å². The fourth-order valence-electron chi connectivity index (χ4n) is 14.1. The number of nitrogens with zero attached hydrogens (tertiary/aromatic N) is 3. The molecular weight excluding hydrogens is 1710 g/mol. The number of allylic oxidation sites excluding steroid dienone is 3. The van der Waals surface area contributed by atoms with Crippen LogP contribution >= 0.6 is 0 Å². The largest absolute Gasteiger partial charge is 0.497 e. The zero-order valence-electron chi connectivity index (χ0n) is 80.3. The van der Waals surface area contributed by atoms with E-state index in [0.717, 1.165) is 165 Å². The predicted octanol–water partition coefficient (Wildman–Crippen LogP) is 15.3. The second-order valence-electron chi connectivity index (χ2n) is 34.3. The Morgan fingerprint density at radius 2 is 0.909 bits per heavy atom. The van der Waals surface area contributed by atoms with Crippen molar-refractivity contribution in [1.82, 2.24) is 24.9 Å². The Morgan fingerprint density at radius 1 is 0.530 bits per heavy atom. The normalized spacial score (nSPS) is 15.8. The summed E-state index contributed by atoms with van der Waals surface area (Å²) in [6.45, 7) is 26.2. The third-order valence-electron chi connectivity index (χ3n) is 20.7. The Morgan fingerprint density at radius 3 is 1.29 bits per heavy atom. The molecule has 10 atom stereocenters. The highest BCUT2D eigenvalue weighted by atomic mass is 32.2. The van der Waals surface area contributed by atoms with Crippen LogP contribution in [0.1, 0.15) is 173 Å². The van der Waals surface area contributed by atoms with E-state index in [0.29, 0.717) is 25.7 Å². The summed E-state index contributed by atoms with van der Waals surface area (Å²) in [5.74, 6) is 5.82. The van der Waals surface area contributed by atoms with E-state index in [1.54, 1.807) is 73.8 Å². The fourth-order valence-corrected chi connectivity index (χ4v) is 15.5. The summed E-state index contributed by atoms with van der Waals surface area (Å²) in [6.07, 6.45) is 24.1. The second kappa shape index (κ2) is 66.8. The number of likely N-dealkylation sites (tertiary alicyclic amines) is 1. The standard InChI is InChI=1S/C19H29NO5.C17H27NO2S.C15H21BNO3.C14H20BNO3.C14H19BNO2.C13H19NO2S.C9H12O2.CH4/c1-19(2,3)25-18(23)20-14(8-9-16(20)17(22)12-21)10-13-6-5-7-15(11-13)24-4;1-6-7-10-15(18-21(19)17(2,3)4)12-14-9-8-11-16(13-14)20-5;1-20-15-8-5-6-13(11-15)10-14(17-16-12-19)7-3-2-4-9-18;1-15(18)16-12(6-7-13(16)10-17)8-11-4-3-5-14(9-11)19-2;1-3-4-7-13(16-15-11-17)9-12-6-5-8-14(10-12)18-2;1-13(2,3)17(15)14-9-8-11-6-5-7-12(10-11)16-4;1-11-9-4-2-3-8(7-9)5-6-10;/h5-7,11,14,16-17,21-22H,8-10,12H2,1-4H3;6,8-9,11,13,15,18H,1,7,10,12H2,2-5H3;2,4-6,8,11-12,14,17-18H,3,7,9-10H2,1H3;3-5,9-10,12-13,18H,6-8H2,1-2H3;3,5-6,8,10-11,13,16H,1,4,7,9H2,2H3;5-7,9-10H,8H2,1-4H3;2-4,7,10H,5-6H2,1H3;1H4/b;;4-2+;;;;;/t14-,16+,17-;15-,21?;14-;12-,13+;13-;;;/m00000.../s1. The number of hydrogen-bond acceptors (Lipinski definition) is 22. The molecule has 0 saturated carbocycles. The van der Waals surface area contributed by atoms with Gasteiger partial charge in [-0.3, -0.25) is 4.90 Å². The summed E-state index contributed by atoms with van der Waals surface area (Å²) in [6, 6.07) is 55.2. The van der Waals surface area contributed by atoms with Gasteiger partial charge in [-0.2, -0.15) is 4.40 Å². The average molecular weight is 1860 g/mol. The van der Waals surface area contributed by atoms with Crippen molar-refractivity contribution in [2.45, 2.75) is 249 Å². The Balaban J connectivity index is 0.000000525. The van der Waals surface area contributed by atoms with Gasteiger partial charge in [0.15, 0.2) is 0 Å². The molecule has 2 saturated heterocycles. The van der Waals surface area contributed by atoms with Crippen LogP contribution in [0.25, 0.3) is 0 Å². The number of carbonyl (C=O) groups is 4. The number of aliphatic hydroxyl groups excluding tert-OH is 4. The van der Waals surface area contributed by atoms with Crippen molar-refractivity contribution in [1.29, 1.82) is 0 Å². The molecule has 0 aromatic heterocycles. The van der Waals surface area contributed by atoms with Crippen molar-refractivity contribution < 1.29 is 90.9 Å². The van der Waals surface area contributed by atoms with Crippen molar-refractivity contribution in [3.8, 4) is 40.2 Å². The van der Waals surface area contributed by atoms with Crippen molar-refractivity contribution >= 4 is 74.8 Å². The van der Waals surface area contributed by atoms with Crippen LogP contribution < -0.4 is 48.3 Å². The van der Waals surface area contributed by atoms with Crippen molar-refractivity contribution in [2.75, 3.05) is 69.6 Å². The zero-order chi connectivity index (χ0) is 97.2. The number of aldehydes is 1. The number of hydrogen-bond donors (Lipinski definition) is 8. The molecule has 0 aliphatic carbocycles. The van der Waals surface area contributed by atoms with Gasteiger partial charge in [-0.25, -0.2) is 17.9 Å². The maximum absolute atomic E-state index is 12.7. The van der Waals surface area contributed by atoms with Gasteiger partial charge in [-0.1, -0.05) is 117 Å². The van der Waals surface area contributed by atoms with E-state index in [-0.39, 0.29) is 73.0 Å². The van der Waals surface area contributed by atoms with Crippen LogP contribution in [-0.4, -0.2) is 230 Å². The monoisotopic (exact) mass is 1860 g/mol. The fraction of sp³-hybridized carbons (Fsp3) is 0.480. The van der Waals surface area contributed by atoms with E-state index >= 15 is 0 Å². The van der Waals surface area contributed by atoms with E-state index < -0.39 is 52.9 Å². The van der Waals surface area contributed by atoms with Crippen LogP contribution in [0.3, 0.4) is 0 Å². The number of ether oxygens (including phenoxy) is 8. The lowest BCUT2D eigenvalue weighted by atomic mass is 9.82. The molecule has 132 heavy (non-hydrogen) atoms. The van der Waals surface area contributed by atoms with Gasteiger partial charge in [-0.05, 0) is 296 Å². The minimum Gasteiger partial charge on any atom is -0.497 e. The Bertz CT molecular complexity index is 4500. The highest BCUT2D eigenvalue weighted by Gasteiger charge is 2.43. The molecule has 7 aromatic rings. The molecule has 0 bridgehead atoms. The molecule has 2 unspecified atom stereocenters. The summed E-state index contributed by atoms with van der Waals surface area (Å²) in [4.78, 5) is 48.1. The molecule has 2 fully saturated rings. The first-order valence-electron chi connectivity index (χ1n) is 44.5. The van der Waals surface area contributed by atoms with Crippen LogP contribution in [0, 0.1) is 0 Å². The lowest BCUT2D eigenvalue weighted by Crippen LogP contribution is -2.50. The Hall–Kier alpha value is -9.56. The van der Waals surface area contributed by atoms with Gasteiger partial charge >= 0.3 is 13.1 Å². The van der Waals surface area contributed by atoms with Crippen molar-refractivity contribution in [3.63, 3.8) is 0 Å². The summed E-state index contributed by atoms with van der Waals surface area (Å²) in [5.41, 5.74) is 7.34. The summed E-state index contributed by atoms with van der Waals surface area (Å²) in [7, 11) is 11.6. The van der Waals surface area contributed by atoms with Crippen molar-refractivity contribution in [2.24, 2.45) is 4.40 Å². The highest BCUT2D eigenvalue weighted by molar-refractivity contribution is 7.85. The molecule has 1 amide bonds. The highest BCUT2D eigenvalue weighted by Crippen LogP contribution is 2.33. The van der Waals surface area contributed by atoms with Gasteiger partial charge in [0.1, 0.15) is 63.1 Å². The summed E-state index contributed by atoms with van der Waals surface area (Å²) in [5, 5.41) is 52.8. The topological polar surface area (TPSA) is 332 Å². The molecular formula is C102H151B3N6O19S2. The van der Waals surface area contributed by atoms with E-state index in [1.165, 1.54) is 31.5 Å². The summed E-state index contributed by atoms with van der Waals surface area (Å²) >= 11 is 0. The molecule has 2 aliphatic heterocycles. The first kappa shape index (κ1) is 119. The van der Waals surface area contributed by atoms with Crippen LogP contribution in [0.2, 0.25) is 6.82 Å². The molecule has 0 spiro atoms. The number of methoxy groups -OCH3 is 7. The zero-order valence-corrected chi connectivity index (χ0v) is 81.9. The number of amides is 1. The Labute approximate surface area is 795 Å². The minimum atomic E-state index is -1.18. The molecule has 30 heteroatoms. The van der Waals surface area contributed by atoms with Crippen LogP contribution in [0.5, 0.6) is 40.2 Å². The molecule has 2 heterocycles. The number of carbonyl (C=O) groups excluding carboxylic acids is 4. The van der Waals surface area contributed by atoms with E-state index in [9.17, 15) is 42.8 Å². The number of aliphatic hydroxyl groups is 4. The lowest BCUT2D eigenvalue weighted by molar-refractivity contribution is -0.110. The van der Waals surface area contributed by atoms with Gasteiger partial charge in [0.05, 0.1) is 114 Å². The van der Waals surface area contributed by atoms with E-state index in [1.807, 2.05) is 237 Å². The summed E-state index contributed by atoms with van der Waals surface area (Å²) < 4.78 is 72.5. The molecule has 2 aliphatic rings. The maximum atomic E-state index is 12.7. The lowest BCUT2D eigenvalue weighted by Gasteiger charge is -2.34. The first-order chi connectivity index (χ1) is 62.6. The molecule has 7 aromatic carbocycles. The smallest absolute Gasteiger partial charge is 0.410 e. The molecule has 2 radical (unpaired) electrons. The maximum Gasteiger partial charge on any atom is 0.410 e. The first-order valence-corrected chi connectivity index (χ1v) is 46.8. The van der Waals surface area contributed by atoms with Crippen LogP contribution in [0.4, 0.5) is 4.79 Å². The third-order valence-corrected chi connectivity index (χ3v) is 23.8. The minimum absolute atomic E-state index is 0. The van der Waals surface area contributed by atoms with Crippen molar-refractivity contribution in [3.05, 3.63) is 246 Å². The van der Waals surface area contributed by atoms with Gasteiger partial charge in [0.25, 0.3) is 14.8 Å². The van der Waals surface area contributed by atoms with E-state index in [2.05, 4.69) is 50.9 Å². The average Bonchev–Trinajstić information content (AvgIpc) is 1.65. The second-order valence-corrected chi connectivity index (χ2v) is 38.2. The van der Waals surface area contributed by atoms with Gasteiger partial charge in [0.2, 0.25) is 0 Å². The molecule has 724 valence electrons. The SMILES string of the molecule is C.C=CCC[C@@H](Cc1cccc(OC)c1)NS(=O)C(C)(C)C.C=CCC[C@@H](Cc1cccc(OC)c1)N[B]C=O.COc1cccc(CC=NS(=O)C(C)(C)C)c1.COc1cccc(CCO)c1.COc1cccc(C[C@@H]2CC[C@H](C=O)N2B(C)O)c1.COc1cccc(C[C@@H]2CC[C@H]([C@@H](O)CO)N2C(=O)OC(C)(C)C)c1.COc1cccc(C[C@H](CC/C=C/CO)N[B]C=O)c1. The molecule has 8 N–H and O–H groups in total. The number of benzene rings is 7. The van der Waals surface area contributed by atoms with Crippen LogP contribution in [-0.2, 0) is 86.0 Å². The molecule has 9 rings (SSSR count). The van der Waals surface area contributed by atoms with Gasteiger partial charge in [0, 0.05) is 49.5 Å². The quantitative estimate of drug-likeness (QED) is 0.00761. The van der Waals surface area contributed by atoms with Gasteiger partial charge < -0.3 is 93.0 Å². The Kier molecular flexibility index (Phi) is 59.9. The predicted molar refractivity (Wildman–Crippen MR) is 542 cm³/mol. The number of nitrogens with one attached hydrogen (secondary N) is 3. The number of rotatable bonds is 44. The third kappa shape index (κ3) is 48.4.